The number of aryl methyl sites for hydroxylation is 1. The highest BCUT2D eigenvalue weighted by molar-refractivity contribution is 5.81. The lowest BCUT2D eigenvalue weighted by Crippen LogP contribution is -2.30. The maximum Gasteiger partial charge on any atom is 0.309 e. The number of hydrogen-bond donors (Lipinski definition) is 1. The monoisotopic (exact) mass is 287 g/mol. The molecule has 0 saturated heterocycles. The van der Waals surface area contributed by atoms with Gasteiger partial charge in [-0.2, -0.15) is 0 Å². The van der Waals surface area contributed by atoms with Gasteiger partial charge < -0.3 is 10.1 Å². The van der Waals surface area contributed by atoms with E-state index in [0.29, 0.717) is 13.0 Å². The summed E-state index contributed by atoms with van der Waals surface area (Å²) >= 11 is 0. The molecule has 1 amide bonds. The van der Waals surface area contributed by atoms with E-state index in [2.05, 4.69) is 11.4 Å². The molecule has 21 heavy (non-hydrogen) atoms. The largest absolute Gasteiger partial charge is 0.455 e. The standard InChI is InChI=1S/C17H21NO3/c1-13-7-5-6-10-15(13)11-18-16(19)12-21-17(20)14-8-3-2-4-9-14/h2-3,5-7,10,14H,4,8-9,11-12H2,1H3,(H,18,19)/t14-/m0/s1. The molecule has 0 bridgehead atoms. The Kier molecular flexibility index (Phi) is 5.55. The zero-order chi connectivity index (χ0) is 15.1. The van der Waals surface area contributed by atoms with Crippen molar-refractivity contribution in [3.8, 4) is 0 Å². The van der Waals surface area contributed by atoms with Gasteiger partial charge in [-0.05, 0) is 37.3 Å². The van der Waals surface area contributed by atoms with Crippen LogP contribution in [0, 0.1) is 12.8 Å². The highest BCUT2D eigenvalue weighted by Gasteiger charge is 2.20. The summed E-state index contributed by atoms with van der Waals surface area (Å²) < 4.78 is 5.08. The average Bonchev–Trinajstić information content (AvgIpc) is 2.52. The summed E-state index contributed by atoms with van der Waals surface area (Å²) in [5.74, 6) is -0.637. The van der Waals surface area contributed by atoms with Gasteiger partial charge in [0.15, 0.2) is 6.61 Å². The molecule has 1 aromatic carbocycles. The third-order valence-electron chi connectivity index (χ3n) is 3.69. The predicted octanol–water partition coefficient (Wildman–Crippen LogP) is 2.51. The van der Waals surface area contributed by atoms with Gasteiger partial charge >= 0.3 is 5.97 Å². The summed E-state index contributed by atoms with van der Waals surface area (Å²) in [6, 6.07) is 7.86. The minimum Gasteiger partial charge on any atom is -0.455 e. The van der Waals surface area contributed by atoms with Crippen molar-refractivity contribution >= 4 is 11.9 Å². The Balaban J connectivity index is 1.71. The van der Waals surface area contributed by atoms with Crippen LogP contribution >= 0.6 is 0 Å². The Labute approximate surface area is 125 Å². The highest BCUT2D eigenvalue weighted by Crippen LogP contribution is 2.19. The first-order valence-corrected chi connectivity index (χ1v) is 7.29. The van der Waals surface area contributed by atoms with Crippen LogP contribution in [-0.4, -0.2) is 18.5 Å². The second-order valence-electron chi connectivity index (χ2n) is 5.29. The normalized spacial score (nSPS) is 17.3. The van der Waals surface area contributed by atoms with Crippen molar-refractivity contribution in [2.75, 3.05) is 6.61 Å². The second-order valence-corrected chi connectivity index (χ2v) is 5.29. The van der Waals surface area contributed by atoms with Gasteiger partial charge in [-0.3, -0.25) is 9.59 Å². The number of carbonyl (C=O) groups is 2. The molecule has 0 aromatic heterocycles. The molecule has 0 saturated carbocycles. The lowest BCUT2D eigenvalue weighted by atomic mass is 9.95. The molecule has 4 nitrogen and oxygen atoms in total. The van der Waals surface area contributed by atoms with E-state index in [0.717, 1.165) is 24.0 Å². The number of nitrogens with one attached hydrogen (secondary N) is 1. The highest BCUT2D eigenvalue weighted by atomic mass is 16.5. The lowest BCUT2D eigenvalue weighted by Gasteiger charge is -2.16. The molecule has 0 unspecified atom stereocenters. The molecule has 0 spiro atoms. The SMILES string of the molecule is Cc1ccccc1CNC(=O)COC(=O)[C@H]1CC=CCC1. The molecule has 1 aliphatic rings. The molecule has 1 atom stereocenters. The number of carbonyl (C=O) groups excluding carboxylic acids is 2. The Morgan fingerprint density at radius 3 is 2.81 bits per heavy atom. The Bertz CT molecular complexity index is 537. The van der Waals surface area contributed by atoms with Gasteiger partial charge in [-0.15, -0.1) is 0 Å². The van der Waals surface area contributed by atoms with Crippen molar-refractivity contribution in [3.05, 3.63) is 47.5 Å². The number of benzene rings is 1. The summed E-state index contributed by atoms with van der Waals surface area (Å²) in [5, 5.41) is 2.77. The second kappa shape index (κ2) is 7.62. The molecule has 4 heteroatoms. The zero-order valence-corrected chi connectivity index (χ0v) is 12.3. The number of ether oxygens (including phenoxy) is 1. The van der Waals surface area contributed by atoms with Crippen LogP contribution in [0.3, 0.4) is 0 Å². The van der Waals surface area contributed by atoms with E-state index < -0.39 is 0 Å². The van der Waals surface area contributed by atoms with E-state index in [-0.39, 0.29) is 24.4 Å². The molecule has 112 valence electrons. The smallest absolute Gasteiger partial charge is 0.309 e. The minimum absolute atomic E-state index is 0.0980. The first-order chi connectivity index (χ1) is 10.2. The number of allylic oxidation sites excluding steroid dienone is 2. The van der Waals surface area contributed by atoms with Crippen LogP contribution in [0.2, 0.25) is 0 Å². The minimum atomic E-state index is -0.273. The number of esters is 1. The third-order valence-corrected chi connectivity index (χ3v) is 3.69. The fourth-order valence-corrected chi connectivity index (χ4v) is 2.32. The molecular weight excluding hydrogens is 266 g/mol. The first-order valence-electron chi connectivity index (χ1n) is 7.29. The van der Waals surface area contributed by atoms with Gasteiger partial charge in [-0.25, -0.2) is 0 Å². The van der Waals surface area contributed by atoms with Crippen molar-refractivity contribution in [2.24, 2.45) is 5.92 Å². The Morgan fingerprint density at radius 2 is 2.10 bits per heavy atom. The first kappa shape index (κ1) is 15.3. The summed E-state index contributed by atoms with van der Waals surface area (Å²) in [6.45, 7) is 2.25. The summed E-state index contributed by atoms with van der Waals surface area (Å²) in [4.78, 5) is 23.5. The number of hydrogen-bond acceptors (Lipinski definition) is 3. The van der Waals surface area contributed by atoms with E-state index in [9.17, 15) is 9.59 Å². The maximum atomic E-state index is 11.8. The Morgan fingerprint density at radius 1 is 1.29 bits per heavy atom. The van der Waals surface area contributed by atoms with Gasteiger partial charge in [0.2, 0.25) is 0 Å². The molecule has 0 radical (unpaired) electrons. The van der Waals surface area contributed by atoms with Crippen LogP contribution in [0.1, 0.15) is 30.4 Å². The number of rotatable bonds is 5. The van der Waals surface area contributed by atoms with Crippen LogP contribution in [0.15, 0.2) is 36.4 Å². The van der Waals surface area contributed by atoms with Crippen molar-refractivity contribution in [1.82, 2.24) is 5.32 Å². The molecule has 0 heterocycles. The molecule has 0 fully saturated rings. The molecule has 2 rings (SSSR count). The molecule has 1 aliphatic carbocycles. The molecule has 1 aromatic rings. The lowest BCUT2D eigenvalue weighted by molar-refractivity contribution is -0.152. The van der Waals surface area contributed by atoms with E-state index in [4.69, 9.17) is 4.74 Å². The van der Waals surface area contributed by atoms with Crippen LogP contribution in [0.25, 0.3) is 0 Å². The molecule has 1 N–H and O–H groups in total. The van der Waals surface area contributed by atoms with Gasteiger partial charge in [0.25, 0.3) is 5.91 Å². The van der Waals surface area contributed by atoms with E-state index in [1.165, 1.54) is 0 Å². The molecular formula is C17H21NO3. The quantitative estimate of drug-likeness (QED) is 0.669. The predicted molar refractivity (Wildman–Crippen MR) is 80.5 cm³/mol. The fourth-order valence-electron chi connectivity index (χ4n) is 2.32. The summed E-state index contributed by atoms with van der Waals surface area (Å²) in [6.07, 6.45) is 6.48. The maximum absolute atomic E-state index is 11.8. The van der Waals surface area contributed by atoms with Crippen LogP contribution in [-0.2, 0) is 20.9 Å². The third kappa shape index (κ3) is 4.74. The average molecular weight is 287 g/mol. The fraction of sp³-hybridized carbons (Fsp3) is 0.412. The van der Waals surface area contributed by atoms with Gasteiger partial charge in [0.05, 0.1) is 5.92 Å². The topological polar surface area (TPSA) is 55.4 Å². The zero-order valence-electron chi connectivity index (χ0n) is 12.3. The van der Waals surface area contributed by atoms with Crippen molar-refractivity contribution in [3.63, 3.8) is 0 Å². The van der Waals surface area contributed by atoms with Crippen LogP contribution in [0.5, 0.6) is 0 Å². The Hall–Kier alpha value is -2.10. The van der Waals surface area contributed by atoms with Gasteiger partial charge in [-0.1, -0.05) is 36.4 Å². The van der Waals surface area contributed by atoms with Crippen molar-refractivity contribution in [1.29, 1.82) is 0 Å². The van der Waals surface area contributed by atoms with Gasteiger partial charge in [0.1, 0.15) is 0 Å². The summed E-state index contributed by atoms with van der Waals surface area (Å²) in [5.41, 5.74) is 2.19. The summed E-state index contributed by atoms with van der Waals surface area (Å²) in [7, 11) is 0. The van der Waals surface area contributed by atoms with E-state index in [1.807, 2.05) is 37.3 Å². The number of amides is 1. The van der Waals surface area contributed by atoms with Crippen LogP contribution < -0.4 is 5.32 Å². The van der Waals surface area contributed by atoms with Gasteiger partial charge in [0, 0.05) is 6.54 Å². The van der Waals surface area contributed by atoms with E-state index in [1.54, 1.807) is 0 Å². The van der Waals surface area contributed by atoms with Crippen molar-refractivity contribution < 1.29 is 14.3 Å². The van der Waals surface area contributed by atoms with Crippen LogP contribution in [0.4, 0.5) is 0 Å². The van der Waals surface area contributed by atoms with E-state index >= 15 is 0 Å². The van der Waals surface area contributed by atoms with Crippen molar-refractivity contribution in [2.45, 2.75) is 32.7 Å². The molecule has 0 aliphatic heterocycles.